The van der Waals surface area contributed by atoms with Crippen molar-refractivity contribution in [2.24, 2.45) is 11.3 Å². The lowest BCUT2D eigenvalue weighted by Gasteiger charge is -2.31. The van der Waals surface area contributed by atoms with E-state index in [-0.39, 0.29) is 17.2 Å². The molecule has 0 spiro atoms. The molecule has 2 aromatic heterocycles. The molecule has 1 saturated heterocycles. The average Bonchev–Trinajstić information content (AvgIpc) is 3.01. The van der Waals surface area contributed by atoms with Gasteiger partial charge in [-0.2, -0.15) is 0 Å². The van der Waals surface area contributed by atoms with Gasteiger partial charge in [0.05, 0.1) is 25.1 Å². The lowest BCUT2D eigenvalue weighted by atomic mass is 9.96. The van der Waals surface area contributed by atoms with Gasteiger partial charge in [-0.25, -0.2) is 4.98 Å². The Morgan fingerprint density at radius 1 is 1.44 bits per heavy atom. The van der Waals surface area contributed by atoms with E-state index in [2.05, 4.69) is 19.8 Å². The molecule has 0 unspecified atom stereocenters. The molecular weight excluding hydrogens is 316 g/mol. The minimum absolute atomic E-state index is 0.0905. The van der Waals surface area contributed by atoms with Crippen LogP contribution in [0.4, 0.5) is 0 Å². The molecule has 6 heteroatoms. The Hall–Kier alpha value is -2.08. The summed E-state index contributed by atoms with van der Waals surface area (Å²) in [6.07, 6.45) is 11.8. The Morgan fingerprint density at radius 3 is 3.08 bits per heavy atom. The summed E-state index contributed by atoms with van der Waals surface area (Å²) in [5.41, 5.74) is 0.235. The van der Waals surface area contributed by atoms with Gasteiger partial charge in [-0.05, 0) is 44.4 Å². The number of rotatable bonds is 7. The van der Waals surface area contributed by atoms with Crippen LogP contribution in [-0.4, -0.2) is 40.0 Å². The quantitative estimate of drug-likeness (QED) is 0.838. The largest absolute Gasteiger partial charge is 0.468 e. The van der Waals surface area contributed by atoms with Crippen molar-refractivity contribution in [2.75, 3.05) is 19.6 Å². The van der Waals surface area contributed by atoms with E-state index < -0.39 is 0 Å². The van der Waals surface area contributed by atoms with Gasteiger partial charge in [-0.1, -0.05) is 0 Å². The van der Waals surface area contributed by atoms with Crippen molar-refractivity contribution in [2.45, 2.75) is 38.8 Å². The zero-order chi connectivity index (χ0) is 17.1. The molecule has 2 aliphatic rings. The van der Waals surface area contributed by atoms with Crippen LogP contribution in [0.15, 0.2) is 41.5 Å². The predicted molar refractivity (Wildman–Crippen MR) is 93.6 cm³/mol. The van der Waals surface area contributed by atoms with Crippen LogP contribution in [0.3, 0.4) is 0 Å². The third-order valence-corrected chi connectivity index (χ3v) is 5.51. The molecule has 1 amide bonds. The molecule has 1 atom stereocenters. The maximum atomic E-state index is 12.6. The second kappa shape index (κ2) is 7.04. The number of likely N-dealkylation sites (tertiary alicyclic amines) is 1. The first-order valence-electron chi connectivity index (χ1n) is 9.21. The van der Waals surface area contributed by atoms with Crippen molar-refractivity contribution in [3.05, 3.63) is 42.9 Å². The number of hydrogen-bond donors (Lipinski definition) is 1. The van der Waals surface area contributed by atoms with Gasteiger partial charge < -0.3 is 14.3 Å². The molecule has 6 nitrogen and oxygen atoms in total. The Bertz CT molecular complexity index is 676. The third-order valence-electron chi connectivity index (χ3n) is 5.51. The Balaban J connectivity index is 1.26. The fourth-order valence-corrected chi connectivity index (χ4v) is 3.79. The molecule has 2 fully saturated rings. The second-order valence-electron chi connectivity index (χ2n) is 7.61. The Kier molecular flexibility index (Phi) is 4.61. The first-order chi connectivity index (χ1) is 12.2. The molecular formula is C19H26N4O2. The number of carbonyl (C=O) groups excluding carboxylic acids is 1. The van der Waals surface area contributed by atoms with Crippen molar-refractivity contribution in [1.29, 1.82) is 0 Å². The summed E-state index contributed by atoms with van der Waals surface area (Å²) in [7, 11) is 0. The smallest absolute Gasteiger partial charge is 0.224 e. The second-order valence-corrected chi connectivity index (χ2v) is 7.61. The fraction of sp³-hybridized carbons (Fsp3) is 0.579. The van der Waals surface area contributed by atoms with Crippen LogP contribution in [-0.2, 0) is 17.9 Å². The molecule has 2 aromatic rings. The topological polar surface area (TPSA) is 63.3 Å². The van der Waals surface area contributed by atoms with Crippen LogP contribution in [0.2, 0.25) is 0 Å². The minimum atomic E-state index is 0.0905. The standard InChI is InChI=1S/C19H26N4O2/c24-18(21-13-19(5-6-19)14-23-9-7-20-15-23)16-3-1-8-22(11-16)12-17-4-2-10-25-17/h2,4,7,9-10,15-16H,1,3,5-6,8,11-14H2,(H,21,24)/t16-/m1/s1. The summed E-state index contributed by atoms with van der Waals surface area (Å²) < 4.78 is 7.55. The van der Waals surface area contributed by atoms with Crippen molar-refractivity contribution in [3.8, 4) is 0 Å². The summed E-state index contributed by atoms with van der Waals surface area (Å²) in [5.74, 6) is 1.27. The lowest BCUT2D eigenvalue weighted by molar-refractivity contribution is -0.127. The van der Waals surface area contributed by atoms with Crippen LogP contribution in [0.5, 0.6) is 0 Å². The molecule has 25 heavy (non-hydrogen) atoms. The molecule has 0 radical (unpaired) electrons. The van der Waals surface area contributed by atoms with Gasteiger partial charge in [-0.15, -0.1) is 0 Å². The summed E-state index contributed by atoms with van der Waals surface area (Å²) >= 11 is 0. The van der Waals surface area contributed by atoms with E-state index in [0.717, 1.165) is 51.3 Å². The highest BCUT2D eigenvalue weighted by atomic mass is 16.3. The fourth-order valence-electron chi connectivity index (χ4n) is 3.79. The van der Waals surface area contributed by atoms with Crippen LogP contribution in [0, 0.1) is 11.3 Å². The van der Waals surface area contributed by atoms with Crippen molar-refractivity contribution in [1.82, 2.24) is 19.8 Å². The summed E-state index contributed by atoms with van der Waals surface area (Å²) in [4.78, 5) is 19.1. The van der Waals surface area contributed by atoms with Crippen LogP contribution >= 0.6 is 0 Å². The molecule has 1 saturated carbocycles. The SMILES string of the molecule is O=C(NCC1(Cn2ccnc2)CC1)[C@@H]1CCCN(Cc2ccco2)C1. The maximum absolute atomic E-state index is 12.6. The first kappa shape index (κ1) is 16.4. The molecule has 3 heterocycles. The number of hydrogen-bond acceptors (Lipinski definition) is 4. The predicted octanol–water partition coefficient (Wildman–Crippen LogP) is 2.28. The highest BCUT2D eigenvalue weighted by molar-refractivity contribution is 5.79. The van der Waals surface area contributed by atoms with Gasteiger partial charge in [-0.3, -0.25) is 9.69 Å². The van der Waals surface area contributed by atoms with Crippen molar-refractivity contribution >= 4 is 5.91 Å². The third kappa shape index (κ3) is 4.12. The minimum Gasteiger partial charge on any atom is -0.468 e. The van der Waals surface area contributed by atoms with Gasteiger partial charge in [0, 0.05) is 37.4 Å². The highest BCUT2D eigenvalue weighted by Gasteiger charge is 2.43. The number of aromatic nitrogens is 2. The molecule has 0 bridgehead atoms. The van der Waals surface area contributed by atoms with E-state index in [0.29, 0.717) is 0 Å². The summed E-state index contributed by atoms with van der Waals surface area (Å²) in [5, 5.41) is 3.22. The zero-order valence-corrected chi connectivity index (χ0v) is 14.6. The highest BCUT2D eigenvalue weighted by Crippen LogP contribution is 2.46. The van der Waals surface area contributed by atoms with Crippen LogP contribution < -0.4 is 5.32 Å². The van der Waals surface area contributed by atoms with Crippen molar-refractivity contribution < 1.29 is 9.21 Å². The molecule has 4 rings (SSSR count). The van der Waals surface area contributed by atoms with E-state index >= 15 is 0 Å². The van der Waals surface area contributed by atoms with E-state index in [9.17, 15) is 4.79 Å². The number of amides is 1. The average molecular weight is 342 g/mol. The van der Waals surface area contributed by atoms with Gasteiger partial charge in [0.25, 0.3) is 0 Å². The zero-order valence-electron chi connectivity index (χ0n) is 14.6. The monoisotopic (exact) mass is 342 g/mol. The molecule has 0 aromatic carbocycles. The van der Waals surface area contributed by atoms with E-state index in [1.54, 1.807) is 6.26 Å². The van der Waals surface area contributed by atoms with Gasteiger partial charge in [0.1, 0.15) is 5.76 Å². The number of furan rings is 1. The summed E-state index contributed by atoms with van der Waals surface area (Å²) in [6, 6.07) is 3.91. The summed E-state index contributed by atoms with van der Waals surface area (Å²) in [6.45, 7) is 4.37. The number of nitrogens with zero attached hydrogens (tertiary/aromatic N) is 3. The van der Waals surface area contributed by atoms with Gasteiger partial charge in [0.2, 0.25) is 5.91 Å². The maximum Gasteiger partial charge on any atom is 0.224 e. The number of piperidine rings is 1. The molecule has 1 N–H and O–H groups in total. The number of nitrogens with one attached hydrogen (secondary N) is 1. The van der Waals surface area contributed by atoms with Crippen molar-refractivity contribution in [3.63, 3.8) is 0 Å². The number of carbonyl (C=O) groups is 1. The number of imidazole rings is 1. The molecule has 134 valence electrons. The molecule has 1 aliphatic carbocycles. The Morgan fingerprint density at radius 2 is 2.36 bits per heavy atom. The van der Waals surface area contributed by atoms with Gasteiger partial charge >= 0.3 is 0 Å². The lowest BCUT2D eigenvalue weighted by Crippen LogP contribution is -2.44. The van der Waals surface area contributed by atoms with Crippen LogP contribution in [0.1, 0.15) is 31.4 Å². The van der Waals surface area contributed by atoms with Crippen LogP contribution in [0.25, 0.3) is 0 Å². The van der Waals surface area contributed by atoms with E-state index in [1.807, 2.05) is 30.9 Å². The first-order valence-corrected chi connectivity index (χ1v) is 9.21. The molecule has 1 aliphatic heterocycles. The normalized spacial score (nSPS) is 22.6. The van der Waals surface area contributed by atoms with Gasteiger partial charge in [0.15, 0.2) is 0 Å². The Labute approximate surface area is 148 Å². The van der Waals surface area contributed by atoms with E-state index in [4.69, 9.17) is 4.42 Å². The van der Waals surface area contributed by atoms with E-state index in [1.165, 1.54) is 12.8 Å².